The summed E-state index contributed by atoms with van der Waals surface area (Å²) in [5.74, 6) is 0.965. The predicted octanol–water partition coefficient (Wildman–Crippen LogP) is 1.79. The number of hydrogen-bond donors (Lipinski definition) is 1. The van der Waals surface area contributed by atoms with Gasteiger partial charge in [-0.1, -0.05) is 11.6 Å². The summed E-state index contributed by atoms with van der Waals surface area (Å²) in [6.07, 6.45) is 0. The van der Waals surface area contributed by atoms with E-state index in [-0.39, 0.29) is 0 Å². The number of nitrogens with zero attached hydrogens (tertiary/aromatic N) is 2. The van der Waals surface area contributed by atoms with Gasteiger partial charge in [0, 0.05) is 25.7 Å². The smallest absolute Gasteiger partial charge is 0.194 e. The lowest BCUT2D eigenvalue weighted by molar-refractivity contribution is 0.534. The molecule has 0 bridgehead atoms. The van der Waals surface area contributed by atoms with E-state index in [2.05, 4.69) is 15.2 Å². The third kappa shape index (κ3) is 2.01. The molecule has 3 nitrogen and oxygen atoms in total. The molecule has 1 N–H and O–H groups in total. The van der Waals surface area contributed by atoms with Gasteiger partial charge in [-0.15, -0.1) is 11.3 Å². The van der Waals surface area contributed by atoms with Gasteiger partial charge in [0.25, 0.3) is 0 Å². The van der Waals surface area contributed by atoms with Crippen molar-refractivity contribution in [2.24, 2.45) is 4.99 Å². The van der Waals surface area contributed by atoms with Crippen LogP contribution in [0.1, 0.15) is 5.56 Å². The highest BCUT2D eigenvalue weighted by Gasteiger charge is 2.11. The minimum atomic E-state index is 0.755. The molecule has 76 valence electrons. The van der Waals surface area contributed by atoms with Gasteiger partial charge >= 0.3 is 0 Å². The Kier molecular flexibility index (Phi) is 2.93. The molecule has 2 heterocycles. The first-order valence-electron chi connectivity index (χ1n) is 4.48. The summed E-state index contributed by atoms with van der Waals surface area (Å²) in [5.41, 5.74) is 1.14. The zero-order valence-electron chi connectivity index (χ0n) is 7.96. The molecule has 1 aromatic heterocycles. The van der Waals surface area contributed by atoms with Gasteiger partial charge in [0.15, 0.2) is 5.96 Å². The summed E-state index contributed by atoms with van der Waals surface area (Å²) >= 11 is 7.55. The average molecular weight is 230 g/mol. The van der Waals surface area contributed by atoms with Crippen molar-refractivity contribution >= 4 is 28.9 Å². The van der Waals surface area contributed by atoms with Gasteiger partial charge < -0.3 is 10.2 Å². The Hall–Kier alpha value is -0.740. The molecule has 0 saturated heterocycles. The van der Waals surface area contributed by atoms with Crippen molar-refractivity contribution in [3.63, 3.8) is 0 Å². The summed E-state index contributed by atoms with van der Waals surface area (Å²) in [6.45, 7) is 2.64. The van der Waals surface area contributed by atoms with Crippen LogP contribution in [-0.2, 0) is 6.54 Å². The normalized spacial score (nSPS) is 15.9. The third-order valence-corrected chi connectivity index (χ3v) is 3.44. The van der Waals surface area contributed by atoms with Crippen LogP contribution in [0.2, 0.25) is 4.34 Å². The van der Waals surface area contributed by atoms with Gasteiger partial charge in [-0.25, -0.2) is 0 Å². The van der Waals surface area contributed by atoms with Crippen LogP contribution in [0.5, 0.6) is 0 Å². The molecule has 0 fully saturated rings. The molecule has 14 heavy (non-hydrogen) atoms. The van der Waals surface area contributed by atoms with Gasteiger partial charge in [-0.3, -0.25) is 4.99 Å². The molecule has 1 aromatic rings. The SMILES string of the molecule is CN1CCN=C1NCc1ccsc1Cl. The molecule has 0 unspecified atom stereocenters. The molecular formula is C9H12ClN3S. The third-order valence-electron chi connectivity index (χ3n) is 2.19. The van der Waals surface area contributed by atoms with E-state index in [0.29, 0.717) is 0 Å². The van der Waals surface area contributed by atoms with Crippen molar-refractivity contribution < 1.29 is 0 Å². The first-order chi connectivity index (χ1) is 6.77. The van der Waals surface area contributed by atoms with E-state index in [0.717, 1.165) is 35.5 Å². The zero-order valence-corrected chi connectivity index (χ0v) is 9.53. The van der Waals surface area contributed by atoms with E-state index in [1.807, 2.05) is 18.5 Å². The van der Waals surface area contributed by atoms with Gasteiger partial charge in [-0.2, -0.15) is 0 Å². The number of hydrogen-bond acceptors (Lipinski definition) is 4. The minimum Gasteiger partial charge on any atom is -0.352 e. The van der Waals surface area contributed by atoms with Crippen molar-refractivity contribution in [2.45, 2.75) is 6.54 Å². The largest absolute Gasteiger partial charge is 0.352 e. The van der Waals surface area contributed by atoms with Crippen LogP contribution in [-0.4, -0.2) is 31.0 Å². The quantitative estimate of drug-likeness (QED) is 0.838. The second-order valence-electron chi connectivity index (χ2n) is 3.20. The van der Waals surface area contributed by atoms with Crippen LogP contribution < -0.4 is 5.32 Å². The van der Waals surface area contributed by atoms with Crippen molar-refractivity contribution in [3.8, 4) is 0 Å². The number of thiophene rings is 1. The average Bonchev–Trinajstić information content (AvgIpc) is 2.72. The number of rotatable bonds is 2. The minimum absolute atomic E-state index is 0.755. The second kappa shape index (κ2) is 4.19. The Morgan fingerprint density at radius 2 is 2.57 bits per heavy atom. The highest BCUT2D eigenvalue weighted by atomic mass is 35.5. The molecule has 2 rings (SSSR count). The van der Waals surface area contributed by atoms with Crippen molar-refractivity contribution in [2.75, 3.05) is 20.1 Å². The van der Waals surface area contributed by atoms with E-state index in [1.54, 1.807) is 11.3 Å². The first kappa shape index (κ1) is 9.80. The van der Waals surface area contributed by atoms with Gasteiger partial charge in [0.2, 0.25) is 0 Å². The molecular weight excluding hydrogens is 218 g/mol. The first-order valence-corrected chi connectivity index (χ1v) is 5.74. The van der Waals surface area contributed by atoms with E-state index in [9.17, 15) is 0 Å². The molecule has 0 saturated carbocycles. The predicted molar refractivity (Wildman–Crippen MR) is 61.1 cm³/mol. The fourth-order valence-corrected chi connectivity index (χ4v) is 2.27. The molecule has 0 amide bonds. The zero-order chi connectivity index (χ0) is 9.97. The van der Waals surface area contributed by atoms with Crippen LogP contribution in [0.4, 0.5) is 0 Å². The summed E-state index contributed by atoms with van der Waals surface area (Å²) in [6, 6.07) is 2.04. The maximum absolute atomic E-state index is 5.99. The fourth-order valence-electron chi connectivity index (χ4n) is 1.34. The fraction of sp³-hybridized carbons (Fsp3) is 0.444. The number of likely N-dealkylation sites (N-methyl/N-ethyl adjacent to an activating group) is 1. The van der Waals surface area contributed by atoms with Crippen LogP contribution in [0.15, 0.2) is 16.4 Å². The molecule has 5 heteroatoms. The highest BCUT2D eigenvalue weighted by molar-refractivity contribution is 7.14. The molecule has 0 spiro atoms. The Labute approximate surface area is 92.4 Å². The van der Waals surface area contributed by atoms with Crippen LogP contribution >= 0.6 is 22.9 Å². The molecule has 0 aromatic carbocycles. The van der Waals surface area contributed by atoms with Crippen molar-refractivity contribution in [3.05, 3.63) is 21.3 Å². The summed E-state index contributed by atoms with van der Waals surface area (Å²) in [4.78, 5) is 6.45. The number of halogens is 1. The standard InChI is InChI=1S/C9H12ClN3S/c1-13-4-3-11-9(13)12-6-7-2-5-14-8(7)10/h2,5H,3-4,6H2,1H3,(H,11,12). The second-order valence-corrected chi connectivity index (χ2v) is 4.72. The Balaban J connectivity index is 1.92. The summed E-state index contributed by atoms with van der Waals surface area (Å²) in [7, 11) is 2.04. The molecule has 1 aliphatic heterocycles. The maximum Gasteiger partial charge on any atom is 0.194 e. The monoisotopic (exact) mass is 229 g/mol. The van der Waals surface area contributed by atoms with Crippen LogP contribution in [0.25, 0.3) is 0 Å². The summed E-state index contributed by atoms with van der Waals surface area (Å²) < 4.78 is 0.860. The summed E-state index contributed by atoms with van der Waals surface area (Å²) in [5, 5.41) is 5.27. The topological polar surface area (TPSA) is 27.6 Å². The maximum atomic E-state index is 5.99. The lowest BCUT2D eigenvalue weighted by Crippen LogP contribution is -2.35. The van der Waals surface area contributed by atoms with Gasteiger partial charge in [0.05, 0.1) is 10.9 Å². The molecule has 0 radical (unpaired) electrons. The Morgan fingerprint density at radius 3 is 3.14 bits per heavy atom. The molecule has 0 atom stereocenters. The number of aliphatic imine (C=N–C) groups is 1. The van der Waals surface area contributed by atoms with Crippen LogP contribution in [0, 0.1) is 0 Å². The number of nitrogens with one attached hydrogen (secondary N) is 1. The highest BCUT2D eigenvalue weighted by Crippen LogP contribution is 2.22. The van der Waals surface area contributed by atoms with Crippen molar-refractivity contribution in [1.82, 2.24) is 10.2 Å². The Bertz CT molecular complexity index is 348. The van der Waals surface area contributed by atoms with Crippen LogP contribution in [0.3, 0.4) is 0 Å². The van der Waals surface area contributed by atoms with Gasteiger partial charge in [0.1, 0.15) is 0 Å². The van der Waals surface area contributed by atoms with Gasteiger partial charge in [-0.05, 0) is 11.4 Å². The molecule has 1 aliphatic rings. The van der Waals surface area contributed by atoms with Crippen molar-refractivity contribution in [1.29, 1.82) is 0 Å². The lowest BCUT2D eigenvalue weighted by atomic mass is 10.3. The van der Waals surface area contributed by atoms with E-state index >= 15 is 0 Å². The van der Waals surface area contributed by atoms with E-state index < -0.39 is 0 Å². The number of guanidine groups is 1. The van der Waals surface area contributed by atoms with E-state index in [4.69, 9.17) is 11.6 Å². The Morgan fingerprint density at radius 1 is 1.71 bits per heavy atom. The van der Waals surface area contributed by atoms with E-state index in [1.165, 1.54) is 0 Å². The molecule has 0 aliphatic carbocycles. The lowest BCUT2D eigenvalue weighted by Gasteiger charge is -2.14.